The molecule has 0 fully saturated rings. The topological polar surface area (TPSA) is 64.6 Å². The van der Waals surface area contributed by atoms with Gasteiger partial charge in [0.05, 0.1) is 6.61 Å². The molecule has 1 atom stereocenters. The van der Waals surface area contributed by atoms with Gasteiger partial charge in [0.25, 0.3) is 5.91 Å². The van der Waals surface area contributed by atoms with Crippen molar-refractivity contribution in [2.24, 2.45) is 0 Å². The van der Waals surface area contributed by atoms with Crippen LogP contribution in [0.5, 0.6) is 5.75 Å². The Kier molecular flexibility index (Phi) is 7.40. The molecule has 1 aromatic heterocycles. The summed E-state index contributed by atoms with van der Waals surface area (Å²) in [5.74, 6) is -0.230. The zero-order valence-electron chi connectivity index (χ0n) is 19.0. The highest BCUT2D eigenvalue weighted by Crippen LogP contribution is 2.36. The molecule has 172 valence electrons. The Labute approximate surface area is 203 Å². The van der Waals surface area contributed by atoms with Crippen LogP contribution in [-0.2, 0) is 9.53 Å². The Hall–Kier alpha value is -3.90. The van der Waals surface area contributed by atoms with Crippen LogP contribution in [0, 0.1) is 0 Å². The molecule has 1 heterocycles. The summed E-state index contributed by atoms with van der Waals surface area (Å²) in [4.78, 5) is 25.6. The minimum atomic E-state index is -0.764. The third-order valence-electron chi connectivity index (χ3n) is 5.24. The lowest BCUT2D eigenvalue weighted by molar-refractivity contribution is -0.122. The summed E-state index contributed by atoms with van der Waals surface area (Å²) >= 11 is 1.29. The van der Waals surface area contributed by atoms with E-state index in [0.717, 1.165) is 22.3 Å². The molecule has 5 nitrogen and oxygen atoms in total. The first-order chi connectivity index (χ1) is 16.6. The number of benzene rings is 3. The maximum Gasteiger partial charge on any atom is 0.341 e. The number of hydrogen-bond acceptors (Lipinski definition) is 5. The second-order valence-electron chi connectivity index (χ2n) is 7.58. The SMILES string of the molecule is CCOC(=O)c1c(-c2ccccc2)csc1NC(=O)C(C)Oc1ccc(-c2ccccc2)cc1. The van der Waals surface area contributed by atoms with E-state index in [0.29, 0.717) is 16.3 Å². The van der Waals surface area contributed by atoms with Gasteiger partial charge in [0, 0.05) is 10.9 Å². The van der Waals surface area contributed by atoms with Crippen molar-refractivity contribution in [3.05, 3.63) is 95.9 Å². The minimum Gasteiger partial charge on any atom is -0.481 e. The Morgan fingerprint density at radius 3 is 2.06 bits per heavy atom. The largest absolute Gasteiger partial charge is 0.481 e. The summed E-state index contributed by atoms with van der Waals surface area (Å²) in [5, 5.41) is 5.15. The molecule has 0 bridgehead atoms. The van der Waals surface area contributed by atoms with E-state index in [1.54, 1.807) is 13.8 Å². The van der Waals surface area contributed by atoms with Gasteiger partial charge < -0.3 is 14.8 Å². The van der Waals surface area contributed by atoms with Gasteiger partial charge in [-0.1, -0.05) is 72.8 Å². The van der Waals surface area contributed by atoms with Crippen LogP contribution in [-0.4, -0.2) is 24.6 Å². The average molecular weight is 472 g/mol. The molecule has 0 saturated carbocycles. The van der Waals surface area contributed by atoms with Crippen molar-refractivity contribution in [1.29, 1.82) is 0 Å². The number of thiophene rings is 1. The minimum absolute atomic E-state index is 0.245. The van der Waals surface area contributed by atoms with Gasteiger partial charge in [-0.15, -0.1) is 11.3 Å². The van der Waals surface area contributed by atoms with Gasteiger partial charge >= 0.3 is 5.97 Å². The van der Waals surface area contributed by atoms with Crippen LogP contribution in [0.4, 0.5) is 5.00 Å². The van der Waals surface area contributed by atoms with Gasteiger partial charge in [0.1, 0.15) is 16.3 Å². The molecule has 0 radical (unpaired) electrons. The molecule has 0 saturated heterocycles. The summed E-state index contributed by atoms with van der Waals surface area (Å²) in [6.45, 7) is 3.68. The maximum atomic E-state index is 12.9. The van der Waals surface area contributed by atoms with Gasteiger partial charge in [-0.25, -0.2) is 4.79 Å². The van der Waals surface area contributed by atoms with Crippen molar-refractivity contribution in [2.75, 3.05) is 11.9 Å². The number of ether oxygens (including phenoxy) is 2. The van der Waals surface area contributed by atoms with E-state index in [2.05, 4.69) is 5.32 Å². The number of anilines is 1. The fourth-order valence-electron chi connectivity index (χ4n) is 3.51. The molecule has 34 heavy (non-hydrogen) atoms. The van der Waals surface area contributed by atoms with Crippen molar-refractivity contribution in [3.63, 3.8) is 0 Å². The van der Waals surface area contributed by atoms with Crippen molar-refractivity contribution in [3.8, 4) is 28.0 Å². The van der Waals surface area contributed by atoms with Crippen molar-refractivity contribution in [1.82, 2.24) is 0 Å². The smallest absolute Gasteiger partial charge is 0.341 e. The van der Waals surface area contributed by atoms with Gasteiger partial charge in [-0.05, 0) is 42.7 Å². The van der Waals surface area contributed by atoms with E-state index in [1.807, 2.05) is 90.3 Å². The second-order valence-corrected chi connectivity index (χ2v) is 8.46. The second kappa shape index (κ2) is 10.8. The maximum absolute atomic E-state index is 12.9. The van der Waals surface area contributed by atoms with E-state index in [9.17, 15) is 9.59 Å². The van der Waals surface area contributed by atoms with Crippen LogP contribution in [0.2, 0.25) is 0 Å². The summed E-state index contributed by atoms with van der Waals surface area (Å²) < 4.78 is 11.1. The number of carbonyl (C=O) groups excluding carboxylic acids is 2. The normalized spacial score (nSPS) is 11.5. The Morgan fingerprint density at radius 2 is 1.44 bits per heavy atom. The van der Waals surface area contributed by atoms with Gasteiger partial charge in [-0.2, -0.15) is 0 Å². The van der Waals surface area contributed by atoms with Crippen LogP contribution < -0.4 is 10.1 Å². The number of rotatable bonds is 8. The van der Waals surface area contributed by atoms with Crippen LogP contribution >= 0.6 is 11.3 Å². The molecule has 0 aliphatic rings. The van der Waals surface area contributed by atoms with E-state index in [-0.39, 0.29) is 12.5 Å². The molecule has 1 unspecified atom stereocenters. The van der Waals surface area contributed by atoms with Gasteiger partial charge in [-0.3, -0.25) is 4.79 Å². The number of nitrogens with one attached hydrogen (secondary N) is 1. The predicted octanol–water partition coefficient (Wildman–Crippen LogP) is 6.66. The highest BCUT2D eigenvalue weighted by molar-refractivity contribution is 7.15. The quantitative estimate of drug-likeness (QED) is 0.292. The zero-order chi connectivity index (χ0) is 23.9. The van der Waals surface area contributed by atoms with Crippen molar-refractivity contribution in [2.45, 2.75) is 20.0 Å². The predicted molar refractivity (Wildman–Crippen MR) is 136 cm³/mol. The van der Waals surface area contributed by atoms with Crippen LogP contribution in [0.1, 0.15) is 24.2 Å². The lowest BCUT2D eigenvalue weighted by Crippen LogP contribution is -2.30. The molecular weight excluding hydrogens is 446 g/mol. The Bertz CT molecular complexity index is 1250. The van der Waals surface area contributed by atoms with Crippen molar-refractivity contribution < 1.29 is 19.1 Å². The van der Waals surface area contributed by atoms with Crippen molar-refractivity contribution >= 4 is 28.2 Å². The molecule has 6 heteroatoms. The van der Waals surface area contributed by atoms with E-state index >= 15 is 0 Å². The average Bonchev–Trinajstić information content (AvgIpc) is 3.29. The fraction of sp³-hybridized carbons (Fsp3) is 0.143. The molecule has 4 aromatic rings. The summed E-state index contributed by atoms with van der Waals surface area (Å²) in [6, 6.07) is 27.2. The number of amides is 1. The number of hydrogen-bond donors (Lipinski definition) is 1. The van der Waals surface area contributed by atoms with Crippen LogP contribution in [0.25, 0.3) is 22.3 Å². The molecule has 0 aliphatic carbocycles. The van der Waals surface area contributed by atoms with E-state index < -0.39 is 12.1 Å². The molecule has 1 N–H and O–H groups in total. The fourth-order valence-corrected chi connectivity index (χ4v) is 4.47. The molecule has 0 aliphatic heterocycles. The monoisotopic (exact) mass is 471 g/mol. The van der Waals surface area contributed by atoms with E-state index in [1.165, 1.54) is 11.3 Å². The Morgan fingerprint density at radius 1 is 0.853 bits per heavy atom. The highest BCUT2D eigenvalue weighted by Gasteiger charge is 2.24. The first-order valence-electron chi connectivity index (χ1n) is 11.0. The lowest BCUT2D eigenvalue weighted by atomic mass is 10.0. The summed E-state index contributed by atoms with van der Waals surface area (Å²) in [5.41, 5.74) is 4.13. The highest BCUT2D eigenvalue weighted by atomic mass is 32.1. The first kappa shape index (κ1) is 23.3. The summed E-state index contributed by atoms with van der Waals surface area (Å²) in [6.07, 6.45) is -0.764. The zero-order valence-corrected chi connectivity index (χ0v) is 19.8. The van der Waals surface area contributed by atoms with Gasteiger partial charge in [0.15, 0.2) is 6.10 Å². The molecule has 1 amide bonds. The molecule has 3 aromatic carbocycles. The van der Waals surface area contributed by atoms with E-state index in [4.69, 9.17) is 9.47 Å². The molecule has 0 spiro atoms. The first-order valence-corrected chi connectivity index (χ1v) is 11.9. The third kappa shape index (κ3) is 5.35. The standard InChI is InChI=1S/C28H25NO4S/c1-3-32-28(31)25-24(22-12-8-5-9-13-22)18-34-27(25)29-26(30)19(2)33-23-16-14-21(15-17-23)20-10-6-4-7-11-20/h4-19H,3H2,1-2H3,(H,29,30). The Balaban J connectivity index is 1.49. The van der Waals surface area contributed by atoms with Gasteiger partial charge in [0.2, 0.25) is 0 Å². The van der Waals surface area contributed by atoms with Crippen LogP contribution in [0.15, 0.2) is 90.3 Å². The molecule has 4 rings (SSSR count). The lowest BCUT2D eigenvalue weighted by Gasteiger charge is -2.15. The van der Waals surface area contributed by atoms with Crippen LogP contribution in [0.3, 0.4) is 0 Å². The summed E-state index contributed by atoms with van der Waals surface area (Å²) in [7, 11) is 0. The molecular formula is C28H25NO4S. The number of esters is 1. The number of carbonyl (C=O) groups is 2. The third-order valence-corrected chi connectivity index (χ3v) is 6.13.